The predicted molar refractivity (Wildman–Crippen MR) is 91.5 cm³/mol. The molecule has 2 amide bonds. The van der Waals surface area contributed by atoms with Crippen LogP contribution in [0.2, 0.25) is 0 Å². The molecule has 1 aliphatic heterocycles. The fourth-order valence-electron chi connectivity index (χ4n) is 2.60. The van der Waals surface area contributed by atoms with Gasteiger partial charge in [-0.1, -0.05) is 6.07 Å². The topological polar surface area (TPSA) is 75.4 Å². The molecule has 22 heavy (non-hydrogen) atoms. The number of hydrogen-bond acceptors (Lipinski definition) is 4. The second-order valence-electron chi connectivity index (χ2n) is 5.58. The lowest BCUT2D eigenvalue weighted by molar-refractivity contribution is -0.132. The Balaban J connectivity index is 0.00000242. The molecule has 1 fully saturated rings. The fourth-order valence-corrected chi connectivity index (χ4v) is 3.24. The third kappa shape index (κ3) is 5.26. The van der Waals surface area contributed by atoms with Gasteiger partial charge in [0.15, 0.2) is 0 Å². The van der Waals surface area contributed by atoms with E-state index in [9.17, 15) is 9.59 Å². The van der Waals surface area contributed by atoms with E-state index in [-0.39, 0.29) is 30.3 Å². The number of carbonyl (C=O) groups excluding carboxylic acids is 2. The quantitative estimate of drug-likeness (QED) is 0.855. The molecule has 0 bridgehead atoms. The van der Waals surface area contributed by atoms with Gasteiger partial charge in [0.05, 0.1) is 4.88 Å². The van der Waals surface area contributed by atoms with Gasteiger partial charge in [-0.25, -0.2) is 0 Å². The molecule has 0 spiro atoms. The van der Waals surface area contributed by atoms with Gasteiger partial charge in [-0.2, -0.15) is 0 Å². The number of piperidine rings is 1. The normalized spacial score (nSPS) is 19.2. The van der Waals surface area contributed by atoms with Crippen LogP contribution in [-0.2, 0) is 4.79 Å². The fraction of sp³-hybridized carbons (Fsp3) is 0.600. The number of carbonyl (C=O) groups is 2. The maximum Gasteiger partial charge on any atom is 0.261 e. The summed E-state index contributed by atoms with van der Waals surface area (Å²) in [5.41, 5.74) is 5.93. The van der Waals surface area contributed by atoms with E-state index >= 15 is 0 Å². The summed E-state index contributed by atoms with van der Waals surface area (Å²) in [5.74, 6) is 0.389. The molecule has 124 valence electrons. The first-order chi connectivity index (χ1) is 10.1. The lowest BCUT2D eigenvalue weighted by atomic mass is 9.92. The maximum absolute atomic E-state index is 12.2. The molecule has 3 N–H and O–H groups in total. The molecule has 0 saturated carbocycles. The Labute approximate surface area is 141 Å². The Kier molecular flexibility index (Phi) is 7.85. The molecule has 0 aliphatic carbocycles. The van der Waals surface area contributed by atoms with Crippen LogP contribution in [0.5, 0.6) is 0 Å². The molecule has 1 aliphatic rings. The Bertz CT molecular complexity index is 479. The van der Waals surface area contributed by atoms with Gasteiger partial charge in [-0.3, -0.25) is 9.59 Å². The van der Waals surface area contributed by atoms with Crippen LogP contribution in [0.3, 0.4) is 0 Å². The van der Waals surface area contributed by atoms with Crippen molar-refractivity contribution in [3.05, 3.63) is 22.4 Å². The monoisotopic (exact) mass is 345 g/mol. The average molecular weight is 346 g/mol. The number of likely N-dealkylation sites (tertiary alicyclic amines) is 1. The first kappa shape index (κ1) is 18.9. The van der Waals surface area contributed by atoms with Crippen molar-refractivity contribution in [3.8, 4) is 0 Å². The minimum Gasteiger partial charge on any atom is -0.351 e. The summed E-state index contributed by atoms with van der Waals surface area (Å²) in [6, 6.07) is 3.74. The molecule has 5 nitrogen and oxygen atoms in total. The number of nitrogens with one attached hydrogen (secondary N) is 1. The van der Waals surface area contributed by atoms with Crippen molar-refractivity contribution < 1.29 is 9.59 Å². The van der Waals surface area contributed by atoms with Gasteiger partial charge in [0, 0.05) is 32.1 Å². The van der Waals surface area contributed by atoms with Crippen LogP contribution >= 0.6 is 23.7 Å². The maximum atomic E-state index is 12.2. The van der Waals surface area contributed by atoms with Gasteiger partial charge >= 0.3 is 0 Å². The van der Waals surface area contributed by atoms with E-state index in [1.54, 1.807) is 6.07 Å². The van der Waals surface area contributed by atoms with Crippen molar-refractivity contribution in [2.75, 3.05) is 19.6 Å². The molecular weight excluding hydrogens is 322 g/mol. The standard InChI is InChI=1S/C15H23N3O2S.ClH/c1-11(16)12-4-2-8-18(10-12)14(19)6-7-17-15(20)13-5-3-9-21-13;/h3,5,9,11-12H,2,4,6-8,10,16H2,1H3,(H,17,20);1H. The van der Waals surface area contributed by atoms with E-state index in [0.29, 0.717) is 23.8 Å². The lowest BCUT2D eigenvalue weighted by Crippen LogP contribution is -2.45. The molecule has 2 rings (SSSR count). The molecule has 2 unspecified atom stereocenters. The third-order valence-corrected chi connectivity index (χ3v) is 4.79. The van der Waals surface area contributed by atoms with Crippen LogP contribution in [0.1, 0.15) is 35.9 Å². The average Bonchev–Trinajstić information content (AvgIpc) is 3.01. The number of nitrogens with zero attached hydrogens (tertiary/aromatic N) is 1. The number of hydrogen-bond donors (Lipinski definition) is 2. The van der Waals surface area contributed by atoms with E-state index in [1.807, 2.05) is 23.3 Å². The Hall–Kier alpha value is -1.11. The molecule has 7 heteroatoms. The molecular formula is C15H24ClN3O2S. The van der Waals surface area contributed by atoms with Gasteiger partial charge in [0.2, 0.25) is 5.91 Å². The van der Waals surface area contributed by atoms with E-state index in [1.165, 1.54) is 11.3 Å². The summed E-state index contributed by atoms with van der Waals surface area (Å²) in [6.07, 6.45) is 2.46. The zero-order valence-corrected chi connectivity index (χ0v) is 14.4. The minimum atomic E-state index is -0.107. The molecule has 1 aromatic heterocycles. The predicted octanol–water partition coefficient (Wildman–Crippen LogP) is 1.88. The number of thiophene rings is 1. The SMILES string of the molecule is CC(N)C1CCCN(C(=O)CCNC(=O)c2cccs2)C1.Cl. The summed E-state index contributed by atoms with van der Waals surface area (Å²) >= 11 is 1.40. The molecule has 2 heterocycles. The number of halogens is 1. The van der Waals surface area contributed by atoms with Crippen molar-refractivity contribution >= 4 is 35.6 Å². The van der Waals surface area contributed by atoms with Crippen molar-refractivity contribution in [2.24, 2.45) is 11.7 Å². The van der Waals surface area contributed by atoms with Crippen LogP contribution in [0.4, 0.5) is 0 Å². The van der Waals surface area contributed by atoms with Crippen molar-refractivity contribution in [2.45, 2.75) is 32.2 Å². The van der Waals surface area contributed by atoms with Gasteiger partial charge in [-0.05, 0) is 37.1 Å². The Morgan fingerprint density at radius 1 is 1.55 bits per heavy atom. The molecule has 0 aromatic carbocycles. The Morgan fingerprint density at radius 3 is 2.95 bits per heavy atom. The highest BCUT2D eigenvalue weighted by Crippen LogP contribution is 2.19. The number of amides is 2. The second-order valence-corrected chi connectivity index (χ2v) is 6.53. The lowest BCUT2D eigenvalue weighted by Gasteiger charge is -2.34. The van der Waals surface area contributed by atoms with E-state index in [4.69, 9.17) is 5.73 Å². The first-order valence-corrected chi connectivity index (χ1v) is 8.31. The third-order valence-electron chi connectivity index (χ3n) is 3.92. The molecule has 2 atom stereocenters. The van der Waals surface area contributed by atoms with Gasteiger partial charge < -0.3 is 16.0 Å². The van der Waals surface area contributed by atoms with Crippen molar-refractivity contribution in [1.29, 1.82) is 0 Å². The zero-order valence-electron chi connectivity index (χ0n) is 12.8. The van der Waals surface area contributed by atoms with Crippen molar-refractivity contribution in [1.82, 2.24) is 10.2 Å². The summed E-state index contributed by atoms with van der Waals surface area (Å²) in [4.78, 5) is 26.5. The van der Waals surface area contributed by atoms with Gasteiger partial charge in [0.25, 0.3) is 5.91 Å². The smallest absolute Gasteiger partial charge is 0.261 e. The summed E-state index contributed by atoms with van der Waals surface area (Å²) in [6.45, 7) is 3.94. The van der Waals surface area contributed by atoms with Crippen LogP contribution in [-0.4, -0.2) is 42.4 Å². The number of rotatable bonds is 5. The number of nitrogens with two attached hydrogens (primary N) is 1. The van der Waals surface area contributed by atoms with E-state index < -0.39 is 0 Å². The van der Waals surface area contributed by atoms with E-state index in [0.717, 1.165) is 25.9 Å². The Morgan fingerprint density at radius 2 is 2.32 bits per heavy atom. The highest BCUT2D eigenvalue weighted by atomic mass is 35.5. The second kappa shape index (κ2) is 9.12. The van der Waals surface area contributed by atoms with Crippen LogP contribution in [0.15, 0.2) is 17.5 Å². The summed E-state index contributed by atoms with van der Waals surface area (Å²) < 4.78 is 0. The minimum absolute atomic E-state index is 0. The van der Waals surface area contributed by atoms with E-state index in [2.05, 4.69) is 5.32 Å². The van der Waals surface area contributed by atoms with Crippen molar-refractivity contribution in [3.63, 3.8) is 0 Å². The van der Waals surface area contributed by atoms with Crippen LogP contribution < -0.4 is 11.1 Å². The van der Waals surface area contributed by atoms with Crippen LogP contribution in [0.25, 0.3) is 0 Å². The van der Waals surface area contributed by atoms with Gasteiger partial charge in [-0.15, -0.1) is 23.7 Å². The largest absolute Gasteiger partial charge is 0.351 e. The van der Waals surface area contributed by atoms with Crippen LogP contribution in [0, 0.1) is 5.92 Å². The van der Waals surface area contributed by atoms with Gasteiger partial charge in [0.1, 0.15) is 0 Å². The highest BCUT2D eigenvalue weighted by molar-refractivity contribution is 7.12. The summed E-state index contributed by atoms with van der Waals surface area (Å²) in [5, 5.41) is 4.65. The molecule has 0 radical (unpaired) electrons. The zero-order chi connectivity index (χ0) is 15.2. The molecule has 1 saturated heterocycles. The summed E-state index contributed by atoms with van der Waals surface area (Å²) in [7, 11) is 0. The first-order valence-electron chi connectivity index (χ1n) is 7.43. The molecule has 1 aromatic rings. The highest BCUT2D eigenvalue weighted by Gasteiger charge is 2.25.